The molecule has 2 nitrogen and oxygen atoms in total. The maximum absolute atomic E-state index is 12.6. The van der Waals surface area contributed by atoms with E-state index in [1.54, 1.807) is 11.3 Å². The molecule has 2 aliphatic carbocycles. The van der Waals surface area contributed by atoms with Crippen LogP contribution in [0.2, 0.25) is 0 Å². The minimum atomic E-state index is 0.276. The van der Waals surface area contributed by atoms with Gasteiger partial charge in [-0.05, 0) is 55.9 Å². The highest BCUT2D eigenvalue weighted by Crippen LogP contribution is 2.36. The van der Waals surface area contributed by atoms with E-state index in [1.165, 1.54) is 38.5 Å². The Bertz CT molecular complexity index is 402. The number of rotatable bonds is 3. The van der Waals surface area contributed by atoms with Gasteiger partial charge in [0, 0.05) is 17.5 Å². The molecule has 1 heterocycles. The van der Waals surface area contributed by atoms with Crippen molar-refractivity contribution in [1.82, 2.24) is 4.90 Å². The fraction of sp³-hybridized carbons (Fsp3) is 0.667. The summed E-state index contributed by atoms with van der Waals surface area (Å²) in [6.07, 6.45) is 7.39. The maximum atomic E-state index is 12.6. The van der Waals surface area contributed by atoms with Crippen LogP contribution in [0.3, 0.4) is 0 Å². The summed E-state index contributed by atoms with van der Waals surface area (Å²) in [5.74, 6) is 1.12. The summed E-state index contributed by atoms with van der Waals surface area (Å²) in [7, 11) is 0. The van der Waals surface area contributed by atoms with Crippen molar-refractivity contribution in [2.24, 2.45) is 5.92 Å². The van der Waals surface area contributed by atoms with E-state index < -0.39 is 0 Å². The molecule has 0 aliphatic heterocycles. The molecule has 2 saturated carbocycles. The lowest BCUT2D eigenvalue weighted by Gasteiger charge is -2.36. The van der Waals surface area contributed by atoms with Gasteiger partial charge in [0.1, 0.15) is 0 Å². The normalized spacial score (nSPS) is 28.1. The molecule has 0 spiro atoms. The van der Waals surface area contributed by atoms with Gasteiger partial charge in [-0.25, -0.2) is 0 Å². The van der Waals surface area contributed by atoms with Crippen molar-refractivity contribution in [3.8, 4) is 0 Å². The van der Waals surface area contributed by atoms with E-state index in [0.29, 0.717) is 12.1 Å². The first-order chi connectivity index (χ1) is 8.75. The Morgan fingerprint density at radius 1 is 1.17 bits per heavy atom. The van der Waals surface area contributed by atoms with Gasteiger partial charge in [0.05, 0.1) is 5.56 Å². The molecule has 2 aliphatic rings. The quantitative estimate of drug-likeness (QED) is 0.809. The Balaban J connectivity index is 1.74. The second kappa shape index (κ2) is 5.04. The molecule has 0 aromatic carbocycles. The minimum Gasteiger partial charge on any atom is -0.333 e. The second-order valence-electron chi connectivity index (χ2n) is 5.87. The molecule has 1 aromatic rings. The van der Waals surface area contributed by atoms with Crippen molar-refractivity contribution >= 4 is 17.2 Å². The molecule has 0 unspecified atom stereocenters. The number of nitrogens with zero attached hydrogens (tertiary/aromatic N) is 1. The molecule has 3 heteroatoms. The Morgan fingerprint density at radius 2 is 1.78 bits per heavy atom. The molecule has 1 aromatic heterocycles. The number of hydrogen-bond donors (Lipinski definition) is 0. The molecule has 1 amide bonds. The first-order valence-corrected chi connectivity index (χ1v) is 8.05. The topological polar surface area (TPSA) is 20.3 Å². The first kappa shape index (κ1) is 12.2. The lowest BCUT2D eigenvalue weighted by molar-refractivity contribution is 0.0593. The molecular formula is C15H21NOS. The molecule has 0 radical (unpaired) electrons. The van der Waals surface area contributed by atoms with Crippen molar-refractivity contribution < 1.29 is 4.79 Å². The summed E-state index contributed by atoms with van der Waals surface area (Å²) in [5.41, 5.74) is 0.894. The number of carbonyl (C=O) groups excluding carboxylic acids is 1. The Hall–Kier alpha value is -0.830. The lowest BCUT2D eigenvalue weighted by Crippen LogP contribution is -2.43. The minimum absolute atomic E-state index is 0.276. The molecule has 0 saturated heterocycles. The van der Waals surface area contributed by atoms with Gasteiger partial charge in [-0.3, -0.25) is 4.79 Å². The van der Waals surface area contributed by atoms with Crippen molar-refractivity contribution in [1.29, 1.82) is 0 Å². The third kappa shape index (κ3) is 2.46. The van der Waals surface area contributed by atoms with Gasteiger partial charge >= 0.3 is 0 Å². The van der Waals surface area contributed by atoms with E-state index in [1.807, 2.05) is 16.8 Å². The van der Waals surface area contributed by atoms with Gasteiger partial charge in [0.2, 0.25) is 0 Å². The van der Waals surface area contributed by atoms with Gasteiger partial charge in [0.25, 0.3) is 5.91 Å². The van der Waals surface area contributed by atoms with Crippen LogP contribution in [0, 0.1) is 5.92 Å². The second-order valence-corrected chi connectivity index (χ2v) is 6.65. The smallest absolute Gasteiger partial charge is 0.255 e. The van der Waals surface area contributed by atoms with Gasteiger partial charge in [-0.1, -0.05) is 6.92 Å². The molecule has 2 fully saturated rings. The third-order valence-corrected chi connectivity index (χ3v) is 5.00. The van der Waals surface area contributed by atoms with E-state index in [4.69, 9.17) is 0 Å². The lowest BCUT2D eigenvalue weighted by atomic mass is 9.86. The summed E-state index contributed by atoms with van der Waals surface area (Å²) < 4.78 is 0. The zero-order valence-electron chi connectivity index (χ0n) is 11.0. The maximum Gasteiger partial charge on any atom is 0.255 e. The van der Waals surface area contributed by atoms with E-state index in [2.05, 4.69) is 11.8 Å². The fourth-order valence-electron chi connectivity index (χ4n) is 3.04. The van der Waals surface area contributed by atoms with E-state index in [9.17, 15) is 4.79 Å². The van der Waals surface area contributed by atoms with Crippen LogP contribution in [0.15, 0.2) is 16.8 Å². The first-order valence-electron chi connectivity index (χ1n) is 7.10. The summed E-state index contributed by atoms with van der Waals surface area (Å²) >= 11 is 1.62. The molecule has 98 valence electrons. The Kier molecular flexibility index (Phi) is 3.42. The van der Waals surface area contributed by atoms with Crippen LogP contribution >= 0.6 is 11.3 Å². The average molecular weight is 263 g/mol. The molecule has 0 atom stereocenters. The van der Waals surface area contributed by atoms with E-state index in [0.717, 1.165) is 11.5 Å². The Labute approximate surface area is 113 Å². The van der Waals surface area contributed by atoms with Crippen molar-refractivity contribution in [2.75, 3.05) is 0 Å². The van der Waals surface area contributed by atoms with Crippen LogP contribution in [0.25, 0.3) is 0 Å². The number of hydrogen-bond acceptors (Lipinski definition) is 2. The van der Waals surface area contributed by atoms with Crippen LogP contribution < -0.4 is 0 Å². The van der Waals surface area contributed by atoms with Crippen LogP contribution in [-0.2, 0) is 0 Å². The average Bonchev–Trinajstić information content (AvgIpc) is 3.05. The molecule has 0 N–H and O–H groups in total. The van der Waals surface area contributed by atoms with E-state index >= 15 is 0 Å². The number of carbonyl (C=O) groups is 1. The predicted octanol–water partition coefficient (Wildman–Crippen LogP) is 3.93. The fourth-order valence-corrected chi connectivity index (χ4v) is 3.67. The summed E-state index contributed by atoms with van der Waals surface area (Å²) in [6, 6.07) is 3.00. The number of amides is 1. The van der Waals surface area contributed by atoms with E-state index in [-0.39, 0.29) is 5.91 Å². The SMILES string of the molecule is CC1CCC(N(C(=O)c2ccsc2)C2CC2)CC1. The van der Waals surface area contributed by atoms with Crippen LogP contribution in [-0.4, -0.2) is 22.9 Å². The highest BCUT2D eigenvalue weighted by molar-refractivity contribution is 7.08. The summed E-state index contributed by atoms with van der Waals surface area (Å²) in [6.45, 7) is 2.33. The number of thiophene rings is 1. The molecule has 0 bridgehead atoms. The highest BCUT2D eigenvalue weighted by Gasteiger charge is 2.38. The predicted molar refractivity (Wildman–Crippen MR) is 74.9 cm³/mol. The molecule has 18 heavy (non-hydrogen) atoms. The van der Waals surface area contributed by atoms with Crippen molar-refractivity contribution in [3.63, 3.8) is 0 Å². The van der Waals surface area contributed by atoms with Crippen molar-refractivity contribution in [3.05, 3.63) is 22.4 Å². The zero-order valence-corrected chi connectivity index (χ0v) is 11.8. The monoisotopic (exact) mass is 263 g/mol. The van der Waals surface area contributed by atoms with Crippen LogP contribution in [0.1, 0.15) is 55.8 Å². The third-order valence-electron chi connectivity index (χ3n) is 4.32. The van der Waals surface area contributed by atoms with Crippen LogP contribution in [0.5, 0.6) is 0 Å². The standard InChI is InChI=1S/C15H21NOS/c1-11-2-4-13(5-3-11)16(14-6-7-14)15(17)12-8-9-18-10-12/h8-11,13-14H,2-7H2,1H3. The highest BCUT2D eigenvalue weighted by atomic mass is 32.1. The largest absolute Gasteiger partial charge is 0.333 e. The van der Waals surface area contributed by atoms with Gasteiger partial charge in [0.15, 0.2) is 0 Å². The van der Waals surface area contributed by atoms with Crippen LogP contribution in [0.4, 0.5) is 0 Å². The zero-order chi connectivity index (χ0) is 12.5. The Morgan fingerprint density at radius 3 is 2.28 bits per heavy atom. The molecular weight excluding hydrogens is 242 g/mol. The molecule has 3 rings (SSSR count). The van der Waals surface area contributed by atoms with Gasteiger partial charge < -0.3 is 4.90 Å². The summed E-state index contributed by atoms with van der Waals surface area (Å²) in [4.78, 5) is 14.8. The summed E-state index contributed by atoms with van der Waals surface area (Å²) in [5, 5.41) is 3.99. The van der Waals surface area contributed by atoms with Gasteiger partial charge in [-0.2, -0.15) is 11.3 Å². The van der Waals surface area contributed by atoms with Gasteiger partial charge in [-0.15, -0.1) is 0 Å². The van der Waals surface area contributed by atoms with Crippen molar-refractivity contribution in [2.45, 2.75) is 57.5 Å².